The van der Waals surface area contributed by atoms with Crippen molar-refractivity contribution in [1.82, 2.24) is 10.2 Å². The maximum Gasteiger partial charge on any atom is 0.244 e. The number of nitrogens with zero attached hydrogens (tertiary/aromatic N) is 2. The molecule has 2 rings (SSSR count). The lowest BCUT2D eigenvalue weighted by Gasteiger charge is -2.34. The molecule has 0 fully saturated rings. The first-order valence-electron chi connectivity index (χ1n) is 11.8. The molecule has 1 atom stereocenters. The number of anilines is 1. The van der Waals surface area contributed by atoms with Crippen LogP contribution in [0.15, 0.2) is 48.5 Å². The number of amides is 2. The van der Waals surface area contributed by atoms with E-state index in [9.17, 15) is 18.0 Å². The fraction of sp³-hybridized carbons (Fsp3) is 0.462. The molecule has 1 N–H and O–H groups in total. The second-order valence-electron chi connectivity index (χ2n) is 9.48. The number of rotatable bonds is 11. The minimum Gasteiger partial charge on any atom is -0.492 e. The summed E-state index contributed by atoms with van der Waals surface area (Å²) >= 11 is 6.02. The van der Waals surface area contributed by atoms with Crippen LogP contribution in [-0.2, 0) is 26.2 Å². The Morgan fingerprint density at radius 2 is 1.67 bits per heavy atom. The molecule has 0 radical (unpaired) electrons. The highest BCUT2D eigenvalue weighted by Crippen LogP contribution is 2.30. The molecule has 2 amide bonds. The van der Waals surface area contributed by atoms with Gasteiger partial charge in [0.05, 0.1) is 18.6 Å². The lowest BCUT2D eigenvalue weighted by Crippen LogP contribution is -2.55. The number of hydrogen-bond donors (Lipinski definition) is 1. The predicted molar refractivity (Wildman–Crippen MR) is 144 cm³/mol. The average Bonchev–Trinajstić information content (AvgIpc) is 2.77. The largest absolute Gasteiger partial charge is 0.492 e. The van der Waals surface area contributed by atoms with Crippen LogP contribution in [0.1, 0.15) is 46.6 Å². The van der Waals surface area contributed by atoms with E-state index >= 15 is 0 Å². The summed E-state index contributed by atoms with van der Waals surface area (Å²) in [5, 5.41) is 3.48. The predicted octanol–water partition coefficient (Wildman–Crippen LogP) is 4.23. The second kappa shape index (κ2) is 12.5. The third-order valence-corrected chi connectivity index (χ3v) is 6.64. The van der Waals surface area contributed by atoms with E-state index in [4.69, 9.17) is 16.3 Å². The third kappa shape index (κ3) is 8.41. The first-order chi connectivity index (χ1) is 16.8. The van der Waals surface area contributed by atoms with Crippen molar-refractivity contribution in [3.05, 3.63) is 59.1 Å². The van der Waals surface area contributed by atoms with E-state index in [-0.39, 0.29) is 18.1 Å². The van der Waals surface area contributed by atoms with Gasteiger partial charge in [-0.05, 0) is 63.9 Å². The minimum atomic E-state index is -3.86. The van der Waals surface area contributed by atoms with Crippen molar-refractivity contribution in [3.63, 3.8) is 0 Å². The van der Waals surface area contributed by atoms with Crippen molar-refractivity contribution < 1.29 is 22.7 Å². The maximum absolute atomic E-state index is 13.8. The summed E-state index contributed by atoms with van der Waals surface area (Å²) in [6.07, 6.45) is 1.38. The molecule has 0 bridgehead atoms. The zero-order valence-corrected chi connectivity index (χ0v) is 23.3. The molecule has 0 saturated carbocycles. The van der Waals surface area contributed by atoms with Gasteiger partial charge in [-0.3, -0.25) is 13.9 Å². The number of para-hydroxylation sites is 2. The molecule has 0 aromatic heterocycles. The number of ether oxygens (including phenoxy) is 1. The fourth-order valence-electron chi connectivity index (χ4n) is 3.69. The van der Waals surface area contributed by atoms with Crippen LogP contribution in [-0.4, -0.2) is 56.1 Å². The van der Waals surface area contributed by atoms with Crippen molar-refractivity contribution in [2.45, 2.75) is 59.2 Å². The van der Waals surface area contributed by atoms with E-state index in [0.29, 0.717) is 23.8 Å². The van der Waals surface area contributed by atoms with Crippen molar-refractivity contribution in [3.8, 4) is 5.75 Å². The summed E-state index contributed by atoms with van der Waals surface area (Å²) in [7, 11) is -3.86. The Balaban J connectivity index is 2.49. The zero-order valence-electron chi connectivity index (χ0n) is 21.7. The van der Waals surface area contributed by atoms with Crippen molar-refractivity contribution >= 4 is 39.1 Å². The maximum atomic E-state index is 13.8. The molecule has 0 aliphatic rings. The highest BCUT2D eigenvalue weighted by atomic mass is 35.5. The van der Waals surface area contributed by atoms with Gasteiger partial charge in [0.15, 0.2) is 0 Å². The van der Waals surface area contributed by atoms with Crippen LogP contribution in [0, 0.1) is 0 Å². The highest BCUT2D eigenvalue weighted by molar-refractivity contribution is 7.92. The van der Waals surface area contributed by atoms with Gasteiger partial charge in [0.25, 0.3) is 0 Å². The molecule has 36 heavy (non-hydrogen) atoms. The van der Waals surface area contributed by atoms with Crippen LogP contribution < -0.4 is 14.4 Å². The van der Waals surface area contributed by atoms with Crippen molar-refractivity contribution in [2.75, 3.05) is 23.7 Å². The molecule has 2 aromatic rings. The number of halogens is 1. The van der Waals surface area contributed by atoms with E-state index in [0.717, 1.165) is 16.1 Å². The molecule has 0 saturated heterocycles. The summed E-state index contributed by atoms with van der Waals surface area (Å²) in [5.41, 5.74) is 0.513. The Morgan fingerprint density at radius 3 is 2.19 bits per heavy atom. The highest BCUT2D eigenvalue weighted by Gasteiger charge is 2.33. The van der Waals surface area contributed by atoms with E-state index in [1.54, 1.807) is 55.5 Å². The summed E-state index contributed by atoms with van der Waals surface area (Å²) in [6.45, 7) is 9.13. The number of hydrogen-bond acceptors (Lipinski definition) is 5. The zero-order chi connectivity index (χ0) is 27.1. The quantitative estimate of drug-likeness (QED) is 0.463. The summed E-state index contributed by atoms with van der Waals surface area (Å²) in [6, 6.07) is 12.8. The van der Waals surface area contributed by atoms with E-state index in [1.165, 1.54) is 4.90 Å². The van der Waals surface area contributed by atoms with Gasteiger partial charge in [-0.1, -0.05) is 42.8 Å². The van der Waals surface area contributed by atoms with Crippen LogP contribution in [0.5, 0.6) is 5.75 Å². The number of carbonyl (C=O) groups is 2. The van der Waals surface area contributed by atoms with Gasteiger partial charge in [-0.15, -0.1) is 0 Å². The van der Waals surface area contributed by atoms with Gasteiger partial charge in [0, 0.05) is 17.1 Å². The van der Waals surface area contributed by atoms with Crippen LogP contribution in [0.3, 0.4) is 0 Å². The van der Waals surface area contributed by atoms with Crippen LogP contribution in [0.2, 0.25) is 5.02 Å². The van der Waals surface area contributed by atoms with Gasteiger partial charge >= 0.3 is 0 Å². The number of nitrogens with one attached hydrogen (secondary N) is 1. The van der Waals surface area contributed by atoms with Crippen molar-refractivity contribution in [1.29, 1.82) is 0 Å². The number of carbonyl (C=O) groups excluding carboxylic acids is 2. The van der Waals surface area contributed by atoms with Gasteiger partial charge in [-0.2, -0.15) is 0 Å². The average molecular weight is 538 g/mol. The Hall–Kier alpha value is -2.78. The molecule has 10 heteroatoms. The van der Waals surface area contributed by atoms with E-state index < -0.39 is 34.1 Å². The smallest absolute Gasteiger partial charge is 0.244 e. The molecule has 0 aliphatic heterocycles. The van der Waals surface area contributed by atoms with E-state index in [1.807, 2.05) is 27.7 Å². The molecular weight excluding hydrogens is 502 g/mol. The lowest BCUT2D eigenvalue weighted by atomic mass is 10.1. The van der Waals surface area contributed by atoms with Gasteiger partial charge in [-0.25, -0.2) is 8.42 Å². The second-order valence-corrected chi connectivity index (χ2v) is 11.8. The van der Waals surface area contributed by atoms with Gasteiger partial charge in [0.1, 0.15) is 18.3 Å². The summed E-state index contributed by atoms with van der Waals surface area (Å²) in [5.74, 6) is -0.481. The topological polar surface area (TPSA) is 96.0 Å². The summed E-state index contributed by atoms with van der Waals surface area (Å²) in [4.78, 5) is 28.4. The van der Waals surface area contributed by atoms with Gasteiger partial charge in [0.2, 0.25) is 21.8 Å². The van der Waals surface area contributed by atoms with Crippen LogP contribution in [0.25, 0.3) is 0 Å². The SMILES string of the molecule is CCOc1ccccc1N(CC(=O)N(Cc1ccc(Cl)cc1)C(CC)C(=O)NC(C)(C)C)S(C)(=O)=O. The monoisotopic (exact) mass is 537 g/mol. The van der Waals surface area contributed by atoms with Gasteiger partial charge < -0.3 is 15.0 Å². The minimum absolute atomic E-state index is 0.108. The van der Waals surface area contributed by atoms with Crippen LogP contribution in [0.4, 0.5) is 5.69 Å². The number of sulfonamides is 1. The fourth-order valence-corrected chi connectivity index (χ4v) is 4.67. The molecule has 0 heterocycles. The molecule has 0 aliphatic carbocycles. The lowest BCUT2D eigenvalue weighted by molar-refractivity contribution is -0.141. The molecule has 2 aromatic carbocycles. The van der Waals surface area contributed by atoms with E-state index in [2.05, 4.69) is 5.32 Å². The third-order valence-electron chi connectivity index (χ3n) is 5.26. The summed E-state index contributed by atoms with van der Waals surface area (Å²) < 4.78 is 32.3. The molecular formula is C26H36ClN3O5S. The Morgan fingerprint density at radius 1 is 1.06 bits per heavy atom. The number of benzene rings is 2. The Kier molecular flexibility index (Phi) is 10.2. The van der Waals surface area contributed by atoms with Crippen LogP contribution >= 0.6 is 11.6 Å². The van der Waals surface area contributed by atoms with Crippen molar-refractivity contribution in [2.24, 2.45) is 0 Å². The molecule has 8 nitrogen and oxygen atoms in total. The normalized spacial score (nSPS) is 12.5. The first-order valence-corrected chi connectivity index (χ1v) is 14.0. The standard InChI is InChI=1S/C26H36ClN3O5S/c1-7-21(25(32)28-26(3,4)5)29(17-19-13-15-20(27)16-14-19)24(31)18-30(36(6,33)34)22-11-9-10-12-23(22)35-8-2/h9-16,21H,7-8,17-18H2,1-6H3,(H,28,32). The molecule has 1 unspecified atom stereocenters. The molecule has 198 valence electrons. The first kappa shape index (κ1) is 29.5. The Bertz CT molecular complexity index is 1150. The Labute approximate surface area is 219 Å². The molecule has 0 spiro atoms.